The highest BCUT2D eigenvalue weighted by Gasteiger charge is 2.11. The predicted molar refractivity (Wildman–Crippen MR) is 97.0 cm³/mol. The first-order valence-corrected chi connectivity index (χ1v) is 9.82. The van der Waals surface area contributed by atoms with E-state index in [4.69, 9.17) is 0 Å². The number of hydrogen-bond acceptors (Lipinski definition) is 3. The van der Waals surface area contributed by atoms with Gasteiger partial charge in [-0.1, -0.05) is 28.1 Å². The van der Waals surface area contributed by atoms with Gasteiger partial charge >= 0.3 is 0 Å². The van der Waals surface area contributed by atoms with E-state index < -0.39 is 10.0 Å². The van der Waals surface area contributed by atoms with Crippen molar-refractivity contribution in [2.75, 3.05) is 7.05 Å². The van der Waals surface area contributed by atoms with E-state index in [1.165, 1.54) is 31.3 Å². The topological polar surface area (TPSA) is 75.3 Å². The molecule has 0 spiro atoms. The molecule has 0 atom stereocenters. The molecular weight excluding hydrogens is 411 g/mol. The van der Waals surface area contributed by atoms with E-state index >= 15 is 0 Å². The zero-order chi connectivity index (χ0) is 18.4. The highest BCUT2D eigenvalue weighted by Crippen LogP contribution is 2.15. The summed E-state index contributed by atoms with van der Waals surface area (Å²) in [4.78, 5) is 12.1. The molecule has 0 heterocycles. The van der Waals surface area contributed by atoms with Gasteiger partial charge in [0.25, 0.3) is 0 Å². The van der Waals surface area contributed by atoms with E-state index in [9.17, 15) is 17.6 Å². The number of amides is 1. The molecule has 8 heteroatoms. The van der Waals surface area contributed by atoms with Crippen molar-refractivity contribution in [3.05, 3.63) is 63.9 Å². The van der Waals surface area contributed by atoms with Crippen LogP contribution < -0.4 is 10.0 Å². The van der Waals surface area contributed by atoms with Crippen molar-refractivity contribution in [2.45, 2.75) is 24.3 Å². The minimum Gasteiger partial charge on any atom is -0.352 e. The Bertz CT molecular complexity index is 834. The normalized spacial score (nSPS) is 11.3. The molecule has 2 rings (SSSR count). The fraction of sp³-hybridized carbons (Fsp3) is 0.235. The van der Waals surface area contributed by atoms with Crippen molar-refractivity contribution in [1.82, 2.24) is 10.0 Å². The zero-order valence-electron chi connectivity index (χ0n) is 13.6. The van der Waals surface area contributed by atoms with Gasteiger partial charge in [-0.05, 0) is 54.9 Å². The Morgan fingerprint density at radius 3 is 2.40 bits per heavy atom. The maximum absolute atomic E-state index is 13.3. The van der Waals surface area contributed by atoms with Gasteiger partial charge in [0.05, 0.1) is 4.90 Å². The van der Waals surface area contributed by atoms with Crippen LogP contribution >= 0.6 is 15.9 Å². The summed E-state index contributed by atoms with van der Waals surface area (Å²) in [7, 11) is -2.10. The molecule has 2 aromatic rings. The molecule has 134 valence electrons. The van der Waals surface area contributed by atoms with E-state index in [0.717, 1.165) is 5.56 Å². The number of nitrogens with one attached hydrogen (secondary N) is 2. The van der Waals surface area contributed by atoms with Crippen LogP contribution in [0.3, 0.4) is 0 Å². The molecule has 0 saturated carbocycles. The smallest absolute Gasteiger partial charge is 0.240 e. The molecule has 25 heavy (non-hydrogen) atoms. The van der Waals surface area contributed by atoms with Crippen LogP contribution in [0.15, 0.2) is 51.8 Å². The average Bonchev–Trinajstić information content (AvgIpc) is 2.57. The van der Waals surface area contributed by atoms with Crippen molar-refractivity contribution in [2.24, 2.45) is 0 Å². The summed E-state index contributed by atoms with van der Waals surface area (Å²) >= 11 is 3.21. The third-order valence-electron chi connectivity index (χ3n) is 3.56. The lowest BCUT2D eigenvalue weighted by Crippen LogP contribution is -2.23. The largest absolute Gasteiger partial charge is 0.352 e. The molecule has 0 aliphatic rings. The molecule has 0 saturated heterocycles. The molecule has 5 nitrogen and oxygen atoms in total. The number of rotatable bonds is 7. The van der Waals surface area contributed by atoms with Crippen LogP contribution in [0.25, 0.3) is 0 Å². The highest BCUT2D eigenvalue weighted by molar-refractivity contribution is 9.10. The van der Waals surface area contributed by atoms with E-state index in [1.54, 1.807) is 18.2 Å². The van der Waals surface area contributed by atoms with E-state index in [0.29, 0.717) is 16.5 Å². The Hall–Kier alpha value is -1.77. The monoisotopic (exact) mass is 428 g/mol. The highest BCUT2D eigenvalue weighted by atomic mass is 79.9. The SMILES string of the molecule is CNS(=O)(=O)c1ccc(CCC(=O)NCc2cc(F)cc(Br)c2)cc1. The average molecular weight is 429 g/mol. The van der Waals surface area contributed by atoms with Gasteiger partial charge in [-0.2, -0.15) is 0 Å². The molecule has 0 bridgehead atoms. The Morgan fingerprint density at radius 2 is 1.80 bits per heavy atom. The molecule has 1 amide bonds. The van der Waals surface area contributed by atoms with Crippen LogP contribution in [0.5, 0.6) is 0 Å². The molecule has 0 unspecified atom stereocenters. The molecule has 0 aromatic heterocycles. The maximum atomic E-state index is 13.3. The zero-order valence-corrected chi connectivity index (χ0v) is 16.0. The quantitative estimate of drug-likeness (QED) is 0.711. The number of hydrogen-bond donors (Lipinski definition) is 2. The van der Waals surface area contributed by atoms with Gasteiger partial charge in [0.2, 0.25) is 15.9 Å². The second kappa shape index (κ2) is 8.55. The fourth-order valence-corrected chi connectivity index (χ4v) is 3.46. The summed E-state index contributed by atoms with van der Waals surface area (Å²) in [5.74, 6) is -0.525. The van der Waals surface area contributed by atoms with Crippen LogP contribution in [0.1, 0.15) is 17.5 Å². The van der Waals surface area contributed by atoms with Crippen molar-refractivity contribution in [3.63, 3.8) is 0 Å². The maximum Gasteiger partial charge on any atom is 0.240 e. The molecule has 0 fully saturated rings. The molecule has 0 aliphatic carbocycles. The van der Waals surface area contributed by atoms with Crippen molar-refractivity contribution >= 4 is 31.9 Å². The molecule has 2 aromatic carbocycles. The van der Waals surface area contributed by atoms with Gasteiger partial charge in [0, 0.05) is 17.4 Å². The van der Waals surface area contributed by atoms with Crippen LogP contribution in [0, 0.1) is 5.82 Å². The summed E-state index contributed by atoms with van der Waals surface area (Å²) in [6, 6.07) is 10.8. The summed E-state index contributed by atoms with van der Waals surface area (Å²) in [6.45, 7) is 0.245. The van der Waals surface area contributed by atoms with Crippen LogP contribution in [-0.4, -0.2) is 21.4 Å². The van der Waals surface area contributed by atoms with Crippen LogP contribution in [0.2, 0.25) is 0 Å². The van der Waals surface area contributed by atoms with Gasteiger partial charge in [-0.25, -0.2) is 17.5 Å². The number of halogens is 2. The van der Waals surface area contributed by atoms with E-state index in [-0.39, 0.29) is 29.6 Å². The van der Waals surface area contributed by atoms with E-state index in [2.05, 4.69) is 26.0 Å². The minimum atomic E-state index is -3.46. The summed E-state index contributed by atoms with van der Waals surface area (Å²) in [5, 5.41) is 2.74. The van der Waals surface area contributed by atoms with Crippen LogP contribution in [-0.2, 0) is 27.8 Å². The lowest BCUT2D eigenvalue weighted by Gasteiger charge is -2.07. The summed E-state index contributed by atoms with van der Waals surface area (Å²) in [5.41, 5.74) is 1.53. The molecule has 0 radical (unpaired) electrons. The predicted octanol–water partition coefficient (Wildman–Crippen LogP) is 2.75. The van der Waals surface area contributed by atoms with Crippen LogP contribution in [0.4, 0.5) is 4.39 Å². The number of benzene rings is 2. The van der Waals surface area contributed by atoms with E-state index in [1.807, 2.05) is 0 Å². The number of aryl methyl sites for hydroxylation is 1. The van der Waals surface area contributed by atoms with Crippen molar-refractivity contribution in [3.8, 4) is 0 Å². The Kier molecular flexibility index (Phi) is 6.69. The summed E-state index contributed by atoms with van der Waals surface area (Å²) in [6.07, 6.45) is 0.743. The Labute approximate surface area is 154 Å². The Balaban J connectivity index is 1.85. The number of carbonyl (C=O) groups excluding carboxylic acids is 1. The first-order chi connectivity index (χ1) is 11.8. The second-order valence-corrected chi connectivity index (χ2v) is 8.21. The number of sulfonamides is 1. The summed E-state index contributed by atoms with van der Waals surface area (Å²) < 4.78 is 39.4. The molecule has 0 aliphatic heterocycles. The van der Waals surface area contributed by atoms with Crippen molar-refractivity contribution in [1.29, 1.82) is 0 Å². The fourth-order valence-electron chi connectivity index (χ4n) is 2.21. The lowest BCUT2D eigenvalue weighted by atomic mass is 10.1. The molecule has 2 N–H and O–H groups in total. The van der Waals surface area contributed by atoms with Crippen molar-refractivity contribution < 1.29 is 17.6 Å². The third-order valence-corrected chi connectivity index (χ3v) is 5.44. The third kappa shape index (κ3) is 5.91. The van der Waals surface area contributed by atoms with Gasteiger partial charge in [0.15, 0.2) is 0 Å². The lowest BCUT2D eigenvalue weighted by molar-refractivity contribution is -0.121. The van der Waals surface area contributed by atoms with Gasteiger partial charge in [-0.3, -0.25) is 4.79 Å². The first-order valence-electron chi connectivity index (χ1n) is 7.54. The second-order valence-electron chi connectivity index (χ2n) is 5.41. The standard InChI is InChI=1S/C17H18BrFN2O3S/c1-20-25(23,24)16-5-2-12(3-6-16)4-7-17(22)21-11-13-8-14(18)10-15(19)9-13/h2-3,5-6,8-10,20H,4,7,11H2,1H3,(H,21,22). The van der Waals surface area contributed by atoms with Gasteiger partial charge in [-0.15, -0.1) is 0 Å². The van der Waals surface area contributed by atoms with Gasteiger partial charge in [0.1, 0.15) is 5.82 Å². The van der Waals surface area contributed by atoms with Gasteiger partial charge < -0.3 is 5.32 Å². The Morgan fingerprint density at radius 1 is 1.12 bits per heavy atom. The first kappa shape index (κ1) is 19.6. The number of carbonyl (C=O) groups is 1. The minimum absolute atomic E-state index is 0.160. The molecular formula is C17H18BrFN2O3S.